The van der Waals surface area contributed by atoms with Gasteiger partial charge in [-0.05, 0) is 62.4 Å². The van der Waals surface area contributed by atoms with Crippen molar-refractivity contribution in [1.29, 1.82) is 0 Å². The van der Waals surface area contributed by atoms with Crippen LogP contribution in [0.5, 0.6) is 0 Å². The number of para-hydroxylation sites is 1. The van der Waals surface area contributed by atoms with E-state index in [2.05, 4.69) is 20.9 Å². The summed E-state index contributed by atoms with van der Waals surface area (Å²) in [4.78, 5) is 30.3. The summed E-state index contributed by atoms with van der Waals surface area (Å²) in [6, 6.07) is 19.2. The molecule has 1 unspecified atom stereocenters. The average Bonchev–Trinajstić information content (AvgIpc) is 3.35. The average molecular weight is 460 g/mol. The van der Waals surface area contributed by atoms with E-state index in [1.807, 2.05) is 60.7 Å². The van der Waals surface area contributed by atoms with E-state index in [-0.39, 0.29) is 23.8 Å². The van der Waals surface area contributed by atoms with Crippen molar-refractivity contribution < 1.29 is 9.59 Å². The van der Waals surface area contributed by atoms with E-state index in [1.54, 1.807) is 6.20 Å². The Morgan fingerprint density at radius 2 is 1.91 bits per heavy atom. The summed E-state index contributed by atoms with van der Waals surface area (Å²) in [6.07, 6.45) is 5.06. The number of nitrogens with zero attached hydrogens (tertiary/aromatic N) is 1. The number of aromatic nitrogens is 1. The number of pyridine rings is 1. The minimum absolute atomic E-state index is 0.00111. The van der Waals surface area contributed by atoms with E-state index in [0.717, 1.165) is 42.3 Å². The Morgan fingerprint density at radius 1 is 1.12 bits per heavy atom. The number of nitrogens with one attached hydrogen (secondary N) is 3. The Bertz CT molecular complexity index is 1100. The summed E-state index contributed by atoms with van der Waals surface area (Å²) in [7, 11) is 0. The Morgan fingerprint density at radius 3 is 2.74 bits per heavy atom. The van der Waals surface area contributed by atoms with E-state index in [9.17, 15) is 9.59 Å². The molecule has 3 atom stereocenters. The van der Waals surface area contributed by atoms with Crippen LogP contribution >= 0.6 is 0 Å². The smallest absolute Gasteiger partial charge is 0.237 e. The maximum Gasteiger partial charge on any atom is 0.237 e. The van der Waals surface area contributed by atoms with Crippen molar-refractivity contribution in [2.24, 2.45) is 11.7 Å². The first-order valence-corrected chi connectivity index (χ1v) is 12.1. The van der Waals surface area contributed by atoms with E-state index < -0.39 is 0 Å². The molecule has 2 heterocycles. The summed E-state index contributed by atoms with van der Waals surface area (Å²) in [5.41, 5.74) is 8.07. The predicted octanol–water partition coefficient (Wildman–Crippen LogP) is 3.18. The first-order chi connectivity index (χ1) is 16.6. The minimum Gasteiger partial charge on any atom is -0.355 e. The molecule has 0 aliphatic carbocycles. The van der Waals surface area contributed by atoms with Crippen molar-refractivity contribution >= 4 is 28.4 Å². The Labute approximate surface area is 200 Å². The fourth-order valence-corrected chi connectivity index (χ4v) is 4.60. The zero-order valence-corrected chi connectivity index (χ0v) is 19.4. The second-order valence-corrected chi connectivity index (χ2v) is 8.94. The molecule has 0 radical (unpaired) electrons. The zero-order chi connectivity index (χ0) is 23.8. The number of hydrogen-bond acceptors (Lipinski definition) is 5. The molecule has 34 heavy (non-hydrogen) atoms. The van der Waals surface area contributed by atoms with Gasteiger partial charge in [0.15, 0.2) is 0 Å². The number of carbonyl (C=O) groups excluding carboxylic acids is 2. The number of carbonyl (C=O) groups is 2. The van der Waals surface area contributed by atoms with Crippen LogP contribution < -0.4 is 21.7 Å². The van der Waals surface area contributed by atoms with Crippen LogP contribution in [0.15, 0.2) is 66.9 Å². The number of hydrogen-bond donors (Lipinski definition) is 4. The molecule has 1 aliphatic rings. The van der Waals surface area contributed by atoms with Crippen LogP contribution in [-0.2, 0) is 9.59 Å². The van der Waals surface area contributed by atoms with Crippen LogP contribution in [0.1, 0.15) is 37.2 Å². The molecule has 0 bridgehead atoms. The third-order valence-corrected chi connectivity index (χ3v) is 6.46. The van der Waals surface area contributed by atoms with Gasteiger partial charge in [-0.2, -0.15) is 0 Å². The van der Waals surface area contributed by atoms with Crippen molar-refractivity contribution in [3.05, 3.63) is 72.4 Å². The molecule has 7 nitrogen and oxygen atoms in total. The Kier molecular flexibility index (Phi) is 8.22. The van der Waals surface area contributed by atoms with Gasteiger partial charge in [-0.3, -0.25) is 14.6 Å². The van der Waals surface area contributed by atoms with Crippen molar-refractivity contribution in [2.45, 2.75) is 37.6 Å². The summed E-state index contributed by atoms with van der Waals surface area (Å²) in [5.74, 6) is -0.000847. The van der Waals surface area contributed by atoms with Crippen LogP contribution in [0.4, 0.5) is 5.69 Å². The molecule has 0 saturated carbocycles. The van der Waals surface area contributed by atoms with Gasteiger partial charge in [-0.1, -0.05) is 48.5 Å². The number of benzene rings is 2. The van der Waals surface area contributed by atoms with Crippen LogP contribution in [0.3, 0.4) is 0 Å². The number of nitrogens with two attached hydrogens (primary N) is 1. The predicted molar refractivity (Wildman–Crippen MR) is 135 cm³/mol. The molecule has 2 aromatic carbocycles. The van der Waals surface area contributed by atoms with Crippen LogP contribution in [-0.4, -0.2) is 42.5 Å². The lowest BCUT2D eigenvalue weighted by Gasteiger charge is -2.19. The summed E-state index contributed by atoms with van der Waals surface area (Å²) >= 11 is 0. The summed E-state index contributed by atoms with van der Waals surface area (Å²) in [6.45, 7) is 1.96. The molecule has 1 aromatic heterocycles. The lowest BCUT2D eigenvalue weighted by Crippen LogP contribution is -2.41. The fourth-order valence-electron chi connectivity index (χ4n) is 4.60. The van der Waals surface area contributed by atoms with E-state index in [0.29, 0.717) is 31.1 Å². The molecule has 1 saturated heterocycles. The van der Waals surface area contributed by atoms with Gasteiger partial charge in [0.25, 0.3) is 0 Å². The fraction of sp³-hybridized carbons (Fsp3) is 0.370. The van der Waals surface area contributed by atoms with Crippen molar-refractivity contribution in [3.8, 4) is 0 Å². The van der Waals surface area contributed by atoms with Gasteiger partial charge in [0.05, 0.1) is 29.4 Å². The highest BCUT2D eigenvalue weighted by Crippen LogP contribution is 2.23. The third-order valence-electron chi connectivity index (χ3n) is 6.46. The molecule has 1 aliphatic heterocycles. The second-order valence-electron chi connectivity index (χ2n) is 8.94. The lowest BCUT2D eigenvalue weighted by atomic mass is 9.94. The van der Waals surface area contributed by atoms with Gasteiger partial charge in [0.1, 0.15) is 0 Å². The first-order valence-electron chi connectivity index (χ1n) is 12.1. The van der Waals surface area contributed by atoms with Crippen molar-refractivity contribution in [2.75, 3.05) is 25.0 Å². The third kappa shape index (κ3) is 6.18. The number of anilines is 1. The maximum atomic E-state index is 13.3. The van der Waals surface area contributed by atoms with Gasteiger partial charge in [0, 0.05) is 11.9 Å². The molecule has 0 spiro atoms. The second kappa shape index (κ2) is 11.7. The molecular weight excluding hydrogens is 426 g/mol. The standard InChI is InChI=1S/C27H33N5O2/c28-13-6-7-19-15-25(30-17-19)27(34)29-14-12-23(20-8-2-1-3-9-20)26(33)32-22-16-21-10-4-5-11-24(21)31-18-22/h1-5,8-11,16,18-19,23,25,30H,6-7,12-15,17,28H2,(H,29,34)(H,32,33)/t19-,23?,25-/m0/s1. The molecule has 5 N–H and O–H groups in total. The van der Waals surface area contributed by atoms with Crippen molar-refractivity contribution in [1.82, 2.24) is 15.6 Å². The maximum absolute atomic E-state index is 13.3. The van der Waals surface area contributed by atoms with Crippen LogP contribution in [0.25, 0.3) is 10.9 Å². The van der Waals surface area contributed by atoms with Gasteiger partial charge in [-0.25, -0.2) is 0 Å². The van der Waals surface area contributed by atoms with Gasteiger partial charge in [-0.15, -0.1) is 0 Å². The van der Waals surface area contributed by atoms with Crippen molar-refractivity contribution in [3.63, 3.8) is 0 Å². The zero-order valence-electron chi connectivity index (χ0n) is 19.4. The van der Waals surface area contributed by atoms with E-state index in [4.69, 9.17) is 5.73 Å². The SMILES string of the molecule is NCCC[C@@H]1CN[C@H](C(=O)NCCC(C(=O)Nc2cnc3ccccc3c2)c2ccccc2)C1. The number of amides is 2. The Hall–Kier alpha value is -3.29. The molecular formula is C27H33N5O2. The van der Waals surface area contributed by atoms with Gasteiger partial charge in [0.2, 0.25) is 11.8 Å². The highest BCUT2D eigenvalue weighted by molar-refractivity contribution is 5.97. The van der Waals surface area contributed by atoms with Crippen LogP contribution in [0.2, 0.25) is 0 Å². The number of rotatable bonds is 10. The van der Waals surface area contributed by atoms with Gasteiger partial charge < -0.3 is 21.7 Å². The first kappa shape index (κ1) is 23.9. The molecule has 3 aromatic rings. The monoisotopic (exact) mass is 459 g/mol. The normalized spacial score (nSPS) is 18.5. The lowest BCUT2D eigenvalue weighted by molar-refractivity contribution is -0.123. The van der Waals surface area contributed by atoms with Gasteiger partial charge >= 0.3 is 0 Å². The Balaban J connectivity index is 1.36. The van der Waals surface area contributed by atoms with E-state index in [1.165, 1.54) is 0 Å². The molecule has 2 amide bonds. The molecule has 1 fully saturated rings. The molecule has 4 rings (SSSR count). The van der Waals surface area contributed by atoms with Crippen LogP contribution in [0, 0.1) is 5.92 Å². The topological polar surface area (TPSA) is 109 Å². The quantitative estimate of drug-likeness (QED) is 0.372. The summed E-state index contributed by atoms with van der Waals surface area (Å²) < 4.78 is 0. The largest absolute Gasteiger partial charge is 0.355 e. The highest BCUT2D eigenvalue weighted by Gasteiger charge is 2.29. The molecule has 7 heteroatoms. The summed E-state index contributed by atoms with van der Waals surface area (Å²) in [5, 5.41) is 10.3. The van der Waals surface area contributed by atoms with E-state index >= 15 is 0 Å². The highest BCUT2D eigenvalue weighted by atomic mass is 16.2. The number of fused-ring (bicyclic) bond motifs is 1. The minimum atomic E-state index is -0.387. The molecule has 178 valence electrons.